The minimum Gasteiger partial charge on any atom is -0.254 e. The first-order chi connectivity index (χ1) is 7.99. The molecule has 0 aliphatic rings. The van der Waals surface area contributed by atoms with E-state index in [1.165, 1.54) is 0 Å². The molecule has 0 spiro atoms. The molecule has 0 saturated heterocycles. The Kier molecular flexibility index (Phi) is 4.42. The van der Waals surface area contributed by atoms with Crippen molar-refractivity contribution in [3.63, 3.8) is 0 Å². The first kappa shape index (κ1) is 13.7. The Morgan fingerprint density at radius 1 is 0.882 bits per heavy atom. The third kappa shape index (κ3) is 2.99. The monoisotopic (exact) mass is 417 g/mol. The lowest BCUT2D eigenvalue weighted by Gasteiger charge is -2.07. The van der Waals surface area contributed by atoms with Crippen LogP contribution in [0.3, 0.4) is 0 Å². The van der Waals surface area contributed by atoms with Crippen molar-refractivity contribution in [2.75, 3.05) is 0 Å². The molecule has 0 aliphatic heterocycles. The van der Waals surface area contributed by atoms with Crippen LogP contribution in [0.25, 0.3) is 11.3 Å². The SMILES string of the molecule is Clc1cc(I)cnc1-c1cc(Cl)c(Cl)c(Cl)c1. The van der Waals surface area contributed by atoms with Crippen LogP contribution in [-0.2, 0) is 0 Å². The van der Waals surface area contributed by atoms with Gasteiger partial charge < -0.3 is 0 Å². The van der Waals surface area contributed by atoms with E-state index in [-0.39, 0.29) is 0 Å². The predicted octanol–water partition coefficient (Wildman–Crippen LogP) is 5.97. The summed E-state index contributed by atoms with van der Waals surface area (Å²) < 4.78 is 0.961. The lowest BCUT2D eigenvalue weighted by molar-refractivity contribution is 1.31. The molecular weight excluding hydrogens is 415 g/mol. The fourth-order valence-corrected chi connectivity index (χ4v) is 2.83. The summed E-state index contributed by atoms with van der Waals surface area (Å²) in [6.07, 6.45) is 1.72. The predicted molar refractivity (Wildman–Crippen MR) is 82.4 cm³/mol. The topological polar surface area (TPSA) is 12.9 Å². The van der Waals surface area contributed by atoms with Gasteiger partial charge in [0, 0.05) is 15.3 Å². The Balaban J connectivity index is 2.61. The Bertz CT molecular complexity index is 563. The molecule has 0 N–H and O–H groups in total. The Morgan fingerprint density at radius 3 is 2.00 bits per heavy atom. The van der Waals surface area contributed by atoms with E-state index in [0.717, 1.165) is 9.13 Å². The molecular formula is C11H4Cl4IN. The fourth-order valence-electron chi connectivity index (χ4n) is 1.32. The van der Waals surface area contributed by atoms with Gasteiger partial charge in [0.2, 0.25) is 0 Å². The second kappa shape index (κ2) is 5.49. The summed E-state index contributed by atoms with van der Waals surface area (Å²) in [7, 11) is 0. The van der Waals surface area contributed by atoms with Crippen LogP contribution in [0.2, 0.25) is 20.1 Å². The average molecular weight is 419 g/mol. The molecule has 1 heterocycles. The molecule has 0 saturated carbocycles. The van der Waals surface area contributed by atoms with E-state index in [1.54, 1.807) is 18.3 Å². The van der Waals surface area contributed by atoms with Crippen LogP contribution in [0.15, 0.2) is 24.4 Å². The summed E-state index contributed by atoms with van der Waals surface area (Å²) in [4.78, 5) is 4.26. The van der Waals surface area contributed by atoms with E-state index >= 15 is 0 Å². The number of rotatable bonds is 1. The van der Waals surface area contributed by atoms with Crippen molar-refractivity contribution in [3.05, 3.63) is 48.1 Å². The van der Waals surface area contributed by atoms with E-state index in [0.29, 0.717) is 25.8 Å². The first-order valence-corrected chi connectivity index (χ1v) is 7.04. The standard InChI is InChI=1S/C11H4Cl4IN/c12-7-1-5(2-8(13)10(7)15)11-9(14)3-6(16)4-17-11/h1-4H. The highest BCUT2D eigenvalue weighted by Crippen LogP contribution is 2.36. The van der Waals surface area contributed by atoms with Crippen LogP contribution < -0.4 is 0 Å². The number of nitrogens with zero attached hydrogens (tertiary/aromatic N) is 1. The number of hydrogen-bond donors (Lipinski definition) is 0. The van der Waals surface area contributed by atoms with Crippen LogP contribution in [0.5, 0.6) is 0 Å². The van der Waals surface area contributed by atoms with Crippen molar-refractivity contribution in [3.8, 4) is 11.3 Å². The molecule has 0 amide bonds. The van der Waals surface area contributed by atoms with Crippen LogP contribution in [0, 0.1) is 3.57 Å². The second-order valence-electron chi connectivity index (χ2n) is 3.24. The van der Waals surface area contributed by atoms with Crippen molar-refractivity contribution in [1.29, 1.82) is 0 Å². The van der Waals surface area contributed by atoms with Crippen molar-refractivity contribution in [1.82, 2.24) is 4.98 Å². The highest BCUT2D eigenvalue weighted by Gasteiger charge is 2.11. The Hall–Kier alpha value is 0.260. The van der Waals surface area contributed by atoms with Gasteiger partial charge in [0.25, 0.3) is 0 Å². The highest BCUT2D eigenvalue weighted by molar-refractivity contribution is 14.1. The second-order valence-corrected chi connectivity index (χ2v) is 6.08. The summed E-state index contributed by atoms with van der Waals surface area (Å²) >= 11 is 26.1. The largest absolute Gasteiger partial charge is 0.254 e. The van der Waals surface area contributed by atoms with E-state index in [2.05, 4.69) is 27.6 Å². The van der Waals surface area contributed by atoms with Crippen LogP contribution in [0.4, 0.5) is 0 Å². The Labute approximate surface area is 132 Å². The van der Waals surface area contributed by atoms with Crippen LogP contribution in [0.1, 0.15) is 0 Å². The van der Waals surface area contributed by atoms with Gasteiger partial charge in [-0.25, -0.2) is 0 Å². The minimum absolute atomic E-state index is 0.332. The Morgan fingerprint density at radius 2 is 1.47 bits per heavy atom. The number of hydrogen-bond acceptors (Lipinski definition) is 1. The smallest absolute Gasteiger partial charge is 0.0889 e. The normalized spacial score (nSPS) is 10.6. The molecule has 6 heteroatoms. The van der Waals surface area contributed by atoms with Gasteiger partial charge in [-0.3, -0.25) is 4.98 Å². The molecule has 0 unspecified atom stereocenters. The molecule has 0 radical (unpaired) electrons. The van der Waals surface area contributed by atoms with Crippen LogP contribution in [-0.4, -0.2) is 4.98 Å². The molecule has 0 fully saturated rings. The van der Waals surface area contributed by atoms with Gasteiger partial charge in [0.1, 0.15) is 0 Å². The summed E-state index contributed by atoms with van der Waals surface area (Å²) in [5.74, 6) is 0. The quantitative estimate of drug-likeness (QED) is 0.411. The lowest BCUT2D eigenvalue weighted by atomic mass is 10.1. The van der Waals surface area contributed by atoms with Gasteiger partial charge in [0.05, 0.1) is 25.8 Å². The summed E-state index contributed by atoms with van der Waals surface area (Å²) in [6.45, 7) is 0. The molecule has 0 aliphatic carbocycles. The van der Waals surface area contributed by atoms with Gasteiger partial charge >= 0.3 is 0 Å². The zero-order chi connectivity index (χ0) is 12.6. The van der Waals surface area contributed by atoms with E-state index in [4.69, 9.17) is 46.4 Å². The zero-order valence-electron chi connectivity index (χ0n) is 8.15. The average Bonchev–Trinajstić information content (AvgIpc) is 2.25. The number of halogens is 5. The minimum atomic E-state index is 0.332. The van der Waals surface area contributed by atoms with E-state index in [1.807, 2.05) is 6.07 Å². The first-order valence-electron chi connectivity index (χ1n) is 4.45. The maximum atomic E-state index is 6.12. The zero-order valence-corrected chi connectivity index (χ0v) is 13.3. The molecule has 1 nitrogen and oxygen atoms in total. The molecule has 2 rings (SSSR count). The molecule has 17 heavy (non-hydrogen) atoms. The molecule has 0 bridgehead atoms. The summed E-state index contributed by atoms with van der Waals surface area (Å²) in [5, 5.41) is 1.64. The number of benzene rings is 1. The van der Waals surface area contributed by atoms with Crippen molar-refractivity contribution in [2.45, 2.75) is 0 Å². The van der Waals surface area contributed by atoms with Gasteiger partial charge in [-0.1, -0.05) is 46.4 Å². The third-order valence-electron chi connectivity index (χ3n) is 2.07. The molecule has 88 valence electrons. The third-order valence-corrected chi connectivity index (χ3v) is 4.14. The van der Waals surface area contributed by atoms with Gasteiger partial charge in [-0.15, -0.1) is 0 Å². The molecule has 1 aromatic heterocycles. The van der Waals surface area contributed by atoms with Gasteiger partial charge in [0.15, 0.2) is 0 Å². The molecule has 1 aromatic carbocycles. The fraction of sp³-hybridized carbons (Fsp3) is 0. The summed E-state index contributed by atoms with van der Waals surface area (Å²) in [5.41, 5.74) is 1.37. The lowest BCUT2D eigenvalue weighted by Crippen LogP contribution is -1.87. The van der Waals surface area contributed by atoms with Crippen molar-refractivity contribution >= 4 is 69.0 Å². The van der Waals surface area contributed by atoms with Gasteiger partial charge in [-0.2, -0.15) is 0 Å². The van der Waals surface area contributed by atoms with Crippen molar-refractivity contribution < 1.29 is 0 Å². The van der Waals surface area contributed by atoms with E-state index < -0.39 is 0 Å². The number of aromatic nitrogens is 1. The maximum Gasteiger partial charge on any atom is 0.0889 e. The molecule has 2 aromatic rings. The summed E-state index contributed by atoms with van der Waals surface area (Å²) in [6, 6.07) is 5.20. The van der Waals surface area contributed by atoms with Crippen LogP contribution >= 0.6 is 69.0 Å². The van der Waals surface area contributed by atoms with Gasteiger partial charge in [-0.05, 0) is 40.8 Å². The number of pyridine rings is 1. The molecule has 0 atom stereocenters. The van der Waals surface area contributed by atoms with E-state index in [9.17, 15) is 0 Å². The highest BCUT2D eigenvalue weighted by atomic mass is 127. The maximum absolute atomic E-state index is 6.12. The van der Waals surface area contributed by atoms with Crippen molar-refractivity contribution in [2.24, 2.45) is 0 Å².